The summed E-state index contributed by atoms with van der Waals surface area (Å²) < 4.78 is 5.13. The van der Waals surface area contributed by atoms with Crippen LogP contribution in [0.1, 0.15) is 33.3 Å². The van der Waals surface area contributed by atoms with Gasteiger partial charge in [0.2, 0.25) is 0 Å². The summed E-state index contributed by atoms with van der Waals surface area (Å²) in [5.41, 5.74) is 7.74. The zero-order valence-corrected chi connectivity index (χ0v) is 16.4. The average Bonchev–Trinajstić information content (AvgIpc) is 2.88. The van der Waals surface area contributed by atoms with Crippen LogP contribution in [-0.4, -0.2) is 23.6 Å². The molecule has 1 amide bonds. The number of thiocarbonyl (C=S) groups is 1. The fraction of sp³-hybridized carbons (Fsp3) is 0.211. The molecule has 2 N–H and O–H groups in total. The van der Waals surface area contributed by atoms with Crippen LogP contribution in [0.25, 0.3) is 6.08 Å². The standard InChI is InChI=1S/C19H20N2O3S2/c1-4-24-18(23)16-12(2)13(3)26-17(16)21(19(20)25)15(22)11-10-14-8-6-5-7-9-14/h5-11H,4H2,1-3H3,(H2,20,25). The number of carbonyl (C=O) groups excluding carboxylic acids is 2. The number of benzene rings is 1. The molecule has 0 aliphatic carbocycles. The van der Waals surface area contributed by atoms with E-state index < -0.39 is 11.9 Å². The summed E-state index contributed by atoms with van der Waals surface area (Å²) in [5.74, 6) is -0.918. The molecule has 26 heavy (non-hydrogen) atoms. The third-order valence-electron chi connectivity index (χ3n) is 3.71. The molecule has 0 radical (unpaired) electrons. The van der Waals surface area contributed by atoms with Crippen LogP contribution in [0.4, 0.5) is 5.00 Å². The molecule has 2 aromatic rings. The summed E-state index contributed by atoms with van der Waals surface area (Å²) >= 11 is 6.36. The molecule has 1 aromatic carbocycles. The molecule has 7 heteroatoms. The highest BCUT2D eigenvalue weighted by Crippen LogP contribution is 2.36. The lowest BCUT2D eigenvalue weighted by atomic mass is 10.1. The Morgan fingerprint density at radius 1 is 1.27 bits per heavy atom. The predicted molar refractivity (Wildman–Crippen MR) is 109 cm³/mol. The number of carbonyl (C=O) groups is 2. The van der Waals surface area contributed by atoms with Gasteiger partial charge in [-0.05, 0) is 50.2 Å². The van der Waals surface area contributed by atoms with E-state index in [-0.39, 0.29) is 11.7 Å². The average molecular weight is 389 g/mol. The van der Waals surface area contributed by atoms with E-state index in [2.05, 4.69) is 0 Å². The van der Waals surface area contributed by atoms with Crippen LogP contribution < -0.4 is 10.6 Å². The van der Waals surface area contributed by atoms with Crippen LogP contribution in [0.3, 0.4) is 0 Å². The van der Waals surface area contributed by atoms with E-state index in [1.165, 1.54) is 22.3 Å². The maximum atomic E-state index is 12.7. The van der Waals surface area contributed by atoms with Crippen molar-refractivity contribution in [1.82, 2.24) is 0 Å². The molecule has 0 aliphatic rings. The van der Waals surface area contributed by atoms with E-state index in [1.807, 2.05) is 44.2 Å². The lowest BCUT2D eigenvalue weighted by Crippen LogP contribution is -2.40. The van der Waals surface area contributed by atoms with E-state index in [1.54, 1.807) is 13.0 Å². The van der Waals surface area contributed by atoms with Gasteiger partial charge in [0.15, 0.2) is 5.11 Å². The molecule has 0 unspecified atom stereocenters. The van der Waals surface area contributed by atoms with Crippen molar-refractivity contribution >= 4 is 51.6 Å². The number of nitrogens with zero attached hydrogens (tertiary/aromatic N) is 1. The highest BCUT2D eigenvalue weighted by molar-refractivity contribution is 7.80. The zero-order chi connectivity index (χ0) is 19.3. The van der Waals surface area contributed by atoms with Gasteiger partial charge in [0.05, 0.1) is 12.2 Å². The summed E-state index contributed by atoms with van der Waals surface area (Å²) in [4.78, 5) is 27.2. The van der Waals surface area contributed by atoms with Gasteiger partial charge in [0.1, 0.15) is 5.00 Å². The number of rotatable bonds is 5. The Bertz CT molecular complexity index is 857. The number of ether oxygens (including phenoxy) is 1. The molecule has 0 spiro atoms. The Balaban J connectivity index is 2.43. The number of hydrogen-bond donors (Lipinski definition) is 1. The van der Waals surface area contributed by atoms with Crippen molar-refractivity contribution in [2.75, 3.05) is 11.5 Å². The van der Waals surface area contributed by atoms with Gasteiger partial charge in [-0.15, -0.1) is 11.3 Å². The summed E-state index contributed by atoms with van der Waals surface area (Å²) in [5, 5.41) is 0.258. The van der Waals surface area contributed by atoms with Gasteiger partial charge in [-0.2, -0.15) is 0 Å². The van der Waals surface area contributed by atoms with Gasteiger partial charge in [-0.1, -0.05) is 30.3 Å². The van der Waals surface area contributed by atoms with Crippen molar-refractivity contribution in [2.45, 2.75) is 20.8 Å². The first kappa shape index (κ1) is 19.8. The minimum absolute atomic E-state index is 0.125. The van der Waals surface area contributed by atoms with Gasteiger partial charge < -0.3 is 10.5 Å². The summed E-state index contributed by atoms with van der Waals surface area (Å²) in [6.07, 6.45) is 3.05. The molecule has 0 saturated carbocycles. The van der Waals surface area contributed by atoms with Crippen LogP contribution in [0, 0.1) is 13.8 Å². The van der Waals surface area contributed by atoms with E-state index >= 15 is 0 Å². The maximum Gasteiger partial charge on any atom is 0.341 e. The molecule has 1 heterocycles. The molecule has 0 bridgehead atoms. The highest BCUT2D eigenvalue weighted by Gasteiger charge is 2.28. The van der Waals surface area contributed by atoms with Crippen LogP contribution >= 0.6 is 23.6 Å². The number of hydrogen-bond acceptors (Lipinski definition) is 5. The number of nitrogens with two attached hydrogens (primary N) is 1. The quantitative estimate of drug-likeness (QED) is 0.479. The van der Waals surface area contributed by atoms with E-state index in [4.69, 9.17) is 22.7 Å². The van der Waals surface area contributed by atoms with Gasteiger partial charge >= 0.3 is 5.97 Å². The van der Waals surface area contributed by atoms with Crippen molar-refractivity contribution < 1.29 is 14.3 Å². The fourth-order valence-corrected chi connectivity index (χ4v) is 3.73. The molecule has 0 atom stereocenters. The van der Waals surface area contributed by atoms with Gasteiger partial charge in [0.25, 0.3) is 5.91 Å². The number of aryl methyl sites for hydroxylation is 1. The molecule has 5 nitrogen and oxygen atoms in total. The van der Waals surface area contributed by atoms with Gasteiger partial charge in [-0.3, -0.25) is 4.79 Å². The van der Waals surface area contributed by atoms with Crippen LogP contribution in [0.5, 0.6) is 0 Å². The van der Waals surface area contributed by atoms with Crippen LogP contribution in [0.15, 0.2) is 36.4 Å². The van der Waals surface area contributed by atoms with Gasteiger partial charge in [0, 0.05) is 11.0 Å². The van der Waals surface area contributed by atoms with E-state index in [0.717, 1.165) is 16.0 Å². The molecule has 136 valence electrons. The molecule has 2 rings (SSSR count). The highest BCUT2D eigenvalue weighted by atomic mass is 32.1. The number of esters is 1. The number of amides is 1. The Kier molecular flexibility index (Phi) is 6.65. The van der Waals surface area contributed by atoms with E-state index in [0.29, 0.717) is 10.6 Å². The first-order valence-electron chi connectivity index (χ1n) is 8.00. The van der Waals surface area contributed by atoms with Crippen LogP contribution in [0.2, 0.25) is 0 Å². The largest absolute Gasteiger partial charge is 0.462 e. The first-order chi connectivity index (χ1) is 12.4. The molecule has 0 aliphatic heterocycles. The second kappa shape index (κ2) is 8.73. The van der Waals surface area contributed by atoms with Crippen LogP contribution in [-0.2, 0) is 9.53 Å². The van der Waals surface area contributed by atoms with Crippen molar-refractivity contribution in [2.24, 2.45) is 5.73 Å². The second-order valence-corrected chi connectivity index (χ2v) is 7.06. The lowest BCUT2D eigenvalue weighted by Gasteiger charge is -2.19. The maximum absolute atomic E-state index is 12.7. The topological polar surface area (TPSA) is 72.6 Å². The Labute approximate surface area is 162 Å². The first-order valence-corrected chi connectivity index (χ1v) is 9.23. The van der Waals surface area contributed by atoms with Crippen molar-refractivity contribution in [3.8, 4) is 0 Å². The molecule has 0 fully saturated rings. The van der Waals surface area contributed by atoms with Gasteiger partial charge in [-0.25, -0.2) is 9.69 Å². The van der Waals surface area contributed by atoms with Crippen molar-refractivity contribution in [1.29, 1.82) is 0 Å². The zero-order valence-electron chi connectivity index (χ0n) is 14.8. The molecule has 0 saturated heterocycles. The summed E-state index contributed by atoms with van der Waals surface area (Å²) in [6.45, 7) is 5.64. The predicted octanol–water partition coefficient (Wildman–Crippen LogP) is 3.83. The number of anilines is 1. The smallest absolute Gasteiger partial charge is 0.341 e. The summed E-state index contributed by atoms with van der Waals surface area (Å²) in [7, 11) is 0. The normalized spacial score (nSPS) is 10.7. The SMILES string of the molecule is CCOC(=O)c1c(N(C(=O)C=Cc2ccccc2)C(N)=S)sc(C)c1C. The van der Waals surface area contributed by atoms with Crippen molar-refractivity contribution in [3.63, 3.8) is 0 Å². The third kappa shape index (κ3) is 4.36. The van der Waals surface area contributed by atoms with E-state index in [9.17, 15) is 9.59 Å². The Hall–Kier alpha value is -2.51. The minimum Gasteiger partial charge on any atom is -0.462 e. The molecular formula is C19H20N2O3S2. The molecule has 1 aromatic heterocycles. The second-order valence-electron chi connectivity index (χ2n) is 5.44. The Morgan fingerprint density at radius 3 is 2.50 bits per heavy atom. The molecular weight excluding hydrogens is 368 g/mol. The third-order valence-corrected chi connectivity index (χ3v) is 5.08. The minimum atomic E-state index is -0.495. The fourth-order valence-electron chi connectivity index (χ4n) is 2.33. The monoisotopic (exact) mass is 388 g/mol. The van der Waals surface area contributed by atoms with Crippen molar-refractivity contribution in [3.05, 3.63) is 58.0 Å². The number of thiophene rings is 1. The summed E-state index contributed by atoms with van der Waals surface area (Å²) in [6, 6.07) is 9.39. The lowest BCUT2D eigenvalue weighted by molar-refractivity contribution is -0.113. The Morgan fingerprint density at radius 2 is 1.92 bits per heavy atom.